The van der Waals surface area contributed by atoms with Crippen LogP contribution in [-0.2, 0) is 11.2 Å². The minimum absolute atomic E-state index is 0.0812. The first-order valence-corrected chi connectivity index (χ1v) is 7.59. The van der Waals surface area contributed by atoms with E-state index in [0.29, 0.717) is 5.75 Å². The van der Waals surface area contributed by atoms with E-state index in [1.54, 1.807) is 6.07 Å². The number of aryl methyl sites for hydroxylation is 1. The molecule has 1 aliphatic heterocycles. The van der Waals surface area contributed by atoms with Crippen molar-refractivity contribution < 1.29 is 9.90 Å². The first-order valence-electron chi connectivity index (χ1n) is 7.59. The largest absolute Gasteiger partial charge is 0.508 e. The summed E-state index contributed by atoms with van der Waals surface area (Å²) in [5, 5.41) is 16.1. The Hall–Kier alpha value is -1.55. The summed E-state index contributed by atoms with van der Waals surface area (Å²) in [5.74, 6) is 0.463. The summed E-state index contributed by atoms with van der Waals surface area (Å²) in [7, 11) is 0. The highest BCUT2D eigenvalue weighted by Gasteiger charge is 2.27. The van der Waals surface area contributed by atoms with E-state index in [9.17, 15) is 9.90 Å². The van der Waals surface area contributed by atoms with Gasteiger partial charge in [0.2, 0.25) is 5.91 Å². The van der Waals surface area contributed by atoms with Crippen LogP contribution < -0.4 is 10.6 Å². The number of phenolic OH excluding ortho intramolecular Hbond substituents is 1. The standard InChI is InChI=1S/C16H22N2O2/c19-12-7-8-13-11(10-12)4-3-6-14(13)18-15-5-1-2-9-17-16(15)20/h7-8,10,14-15,18-19H,1-6,9H2,(H,17,20). The van der Waals surface area contributed by atoms with Crippen LogP contribution in [-0.4, -0.2) is 23.6 Å². The van der Waals surface area contributed by atoms with Crippen molar-refractivity contribution in [1.29, 1.82) is 0 Å². The number of amides is 1. The molecule has 2 unspecified atom stereocenters. The molecular formula is C16H22N2O2. The summed E-state index contributed by atoms with van der Waals surface area (Å²) >= 11 is 0. The van der Waals surface area contributed by atoms with E-state index in [0.717, 1.165) is 45.1 Å². The maximum atomic E-state index is 12.0. The molecule has 0 bridgehead atoms. The van der Waals surface area contributed by atoms with Crippen LogP contribution in [0.5, 0.6) is 5.75 Å². The summed E-state index contributed by atoms with van der Waals surface area (Å²) < 4.78 is 0. The van der Waals surface area contributed by atoms with Gasteiger partial charge < -0.3 is 10.4 Å². The summed E-state index contributed by atoms with van der Waals surface area (Å²) in [6.07, 6.45) is 6.24. The molecule has 1 heterocycles. The van der Waals surface area contributed by atoms with Crippen molar-refractivity contribution >= 4 is 5.91 Å². The fourth-order valence-electron chi connectivity index (χ4n) is 3.32. The molecule has 0 aromatic heterocycles. The summed E-state index contributed by atoms with van der Waals surface area (Å²) in [5.41, 5.74) is 2.45. The van der Waals surface area contributed by atoms with Gasteiger partial charge in [-0.15, -0.1) is 0 Å². The number of carbonyl (C=O) groups excluding carboxylic acids is 1. The molecule has 1 fully saturated rings. The van der Waals surface area contributed by atoms with Crippen molar-refractivity contribution in [3.05, 3.63) is 29.3 Å². The average Bonchev–Trinajstić information content (AvgIpc) is 2.64. The molecule has 1 saturated heterocycles. The van der Waals surface area contributed by atoms with Crippen LogP contribution in [0.2, 0.25) is 0 Å². The first-order chi connectivity index (χ1) is 9.74. The van der Waals surface area contributed by atoms with Gasteiger partial charge in [-0.2, -0.15) is 0 Å². The third-order valence-electron chi connectivity index (χ3n) is 4.38. The van der Waals surface area contributed by atoms with Crippen LogP contribution in [0.3, 0.4) is 0 Å². The molecule has 2 atom stereocenters. The highest BCUT2D eigenvalue weighted by molar-refractivity contribution is 5.82. The van der Waals surface area contributed by atoms with E-state index in [4.69, 9.17) is 0 Å². The van der Waals surface area contributed by atoms with Gasteiger partial charge in [0.25, 0.3) is 0 Å². The summed E-state index contributed by atoms with van der Waals surface area (Å²) in [6.45, 7) is 0.798. The van der Waals surface area contributed by atoms with E-state index in [1.807, 2.05) is 12.1 Å². The Morgan fingerprint density at radius 3 is 2.90 bits per heavy atom. The predicted molar refractivity (Wildman–Crippen MR) is 77.6 cm³/mol. The summed E-state index contributed by atoms with van der Waals surface area (Å²) in [4.78, 5) is 12.0. The minimum Gasteiger partial charge on any atom is -0.508 e. The SMILES string of the molecule is O=C1NCCCCC1NC1CCCc2cc(O)ccc21. The van der Waals surface area contributed by atoms with Crippen molar-refractivity contribution in [2.45, 2.75) is 50.6 Å². The number of fused-ring (bicyclic) bond motifs is 1. The first kappa shape index (κ1) is 13.4. The van der Waals surface area contributed by atoms with Crippen LogP contribution in [0.4, 0.5) is 0 Å². The van der Waals surface area contributed by atoms with E-state index < -0.39 is 0 Å². The fraction of sp³-hybridized carbons (Fsp3) is 0.562. The average molecular weight is 274 g/mol. The van der Waals surface area contributed by atoms with E-state index in [2.05, 4.69) is 10.6 Å². The Morgan fingerprint density at radius 2 is 2.00 bits per heavy atom. The normalized spacial score (nSPS) is 26.5. The summed E-state index contributed by atoms with van der Waals surface area (Å²) in [6, 6.07) is 5.74. The van der Waals surface area contributed by atoms with Crippen molar-refractivity contribution in [3.8, 4) is 5.75 Å². The Labute approximate surface area is 119 Å². The van der Waals surface area contributed by atoms with Gasteiger partial charge in [-0.25, -0.2) is 0 Å². The van der Waals surface area contributed by atoms with Crippen molar-refractivity contribution in [3.63, 3.8) is 0 Å². The monoisotopic (exact) mass is 274 g/mol. The van der Waals surface area contributed by atoms with Crippen LogP contribution in [0.25, 0.3) is 0 Å². The molecule has 3 rings (SSSR count). The van der Waals surface area contributed by atoms with Crippen molar-refractivity contribution in [2.24, 2.45) is 0 Å². The zero-order valence-corrected chi connectivity index (χ0v) is 11.7. The second-order valence-electron chi connectivity index (χ2n) is 5.83. The van der Waals surface area contributed by atoms with Gasteiger partial charge in [-0.1, -0.05) is 6.07 Å². The number of rotatable bonds is 2. The topological polar surface area (TPSA) is 61.4 Å². The van der Waals surface area contributed by atoms with Gasteiger partial charge in [0.1, 0.15) is 5.75 Å². The van der Waals surface area contributed by atoms with E-state index in [1.165, 1.54) is 11.1 Å². The maximum absolute atomic E-state index is 12.0. The molecule has 0 saturated carbocycles. The lowest BCUT2D eigenvalue weighted by Crippen LogP contribution is -2.44. The quantitative estimate of drug-likeness (QED) is 0.773. The third kappa shape index (κ3) is 2.80. The number of aromatic hydroxyl groups is 1. The molecule has 0 radical (unpaired) electrons. The van der Waals surface area contributed by atoms with Gasteiger partial charge in [0.15, 0.2) is 0 Å². The Bertz CT molecular complexity index is 501. The Morgan fingerprint density at radius 1 is 1.15 bits per heavy atom. The molecule has 2 aliphatic rings. The Kier molecular flexibility index (Phi) is 3.92. The number of hydrogen-bond donors (Lipinski definition) is 3. The Balaban J connectivity index is 1.77. The van der Waals surface area contributed by atoms with E-state index in [-0.39, 0.29) is 18.0 Å². The lowest BCUT2D eigenvalue weighted by molar-refractivity contribution is -0.123. The molecule has 4 nitrogen and oxygen atoms in total. The van der Waals surface area contributed by atoms with Gasteiger partial charge in [0.05, 0.1) is 6.04 Å². The molecule has 108 valence electrons. The van der Waals surface area contributed by atoms with Gasteiger partial charge in [0, 0.05) is 12.6 Å². The van der Waals surface area contributed by atoms with Crippen LogP contribution in [0.1, 0.15) is 49.3 Å². The van der Waals surface area contributed by atoms with Crippen LogP contribution in [0.15, 0.2) is 18.2 Å². The smallest absolute Gasteiger partial charge is 0.237 e. The minimum atomic E-state index is -0.0812. The number of hydrogen-bond acceptors (Lipinski definition) is 3. The zero-order valence-electron chi connectivity index (χ0n) is 11.7. The third-order valence-corrected chi connectivity index (χ3v) is 4.38. The number of phenols is 1. The second kappa shape index (κ2) is 5.83. The zero-order chi connectivity index (χ0) is 13.9. The predicted octanol–water partition coefficient (Wildman–Crippen LogP) is 2.03. The van der Waals surface area contributed by atoms with Crippen molar-refractivity contribution in [1.82, 2.24) is 10.6 Å². The van der Waals surface area contributed by atoms with Gasteiger partial charge >= 0.3 is 0 Å². The molecule has 1 amide bonds. The van der Waals surface area contributed by atoms with Crippen molar-refractivity contribution in [2.75, 3.05) is 6.54 Å². The molecule has 20 heavy (non-hydrogen) atoms. The molecule has 1 aromatic rings. The second-order valence-corrected chi connectivity index (χ2v) is 5.83. The molecule has 4 heteroatoms. The lowest BCUT2D eigenvalue weighted by Gasteiger charge is -2.29. The maximum Gasteiger partial charge on any atom is 0.237 e. The molecule has 3 N–H and O–H groups in total. The van der Waals surface area contributed by atoms with Crippen LogP contribution >= 0.6 is 0 Å². The highest BCUT2D eigenvalue weighted by atomic mass is 16.3. The number of benzene rings is 1. The van der Waals surface area contributed by atoms with Gasteiger partial charge in [-0.3, -0.25) is 10.1 Å². The number of carbonyl (C=O) groups is 1. The van der Waals surface area contributed by atoms with Gasteiger partial charge in [-0.05, 0) is 61.8 Å². The van der Waals surface area contributed by atoms with E-state index >= 15 is 0 Å². The molecule has 0 spiro atoms. The van der Waals surface area contributed by atoms with Crippen LogP contribution in [0, 0.1) is 0 Å². The fourth-order valence-corrected chi connectivity index (χ4v) is 3.32. The molecule has 1 aromatic carbocycles. The highest BCUT2D eigenvalue weighted by Crippen LogP contribution is 2.32. The molecular weight excluding hydrogens is 252 g/mol. The molecule has 1 aliphatic carbocycles. The lowest BCUT2D eigenvalue weighted by atomic mass is 9.87. The number of nitrogens with one attached hydrogen (secondary N) is 2.